The van der Waals surface area contributed by atoms with Gasteiger partial charge >= 0.3 is 0 Å². The Balaban J connectivity index is 2.34. The molecule has 2 rings (SSSR count). The second-order valence-electron chi connectivity index (χ2n) is 5.73. The summed E-state index contributed by atoms with van der Waals surface area (Å²) in [6.45, 7) is 6.45. The van der Waals surface area contributed by atoms with Gasteiger partial charge in [0.15, 0.2) is 5.78 Å². The molecule has 2 aromatic rings. The van der Waals surface area contributed by atoms with E-state index in [2.05, 4.69) is 25.8 Å². The average molecular weight is 269 g/mol. The Labute approximate surface area is 119 Å². The van der Waals surface area contributed by atoms with Crippen molar-refractivity contribution in [1.29, 1.82) is 0 Å². The molecule has 1 heterocycles. The molecule has 0 spiro atoms. The smallest absolute Gasteiger partial charge is 0.196 e. The molecule has 104 valence electrons. The fraction of sp³-hybridized carbons (Fsp3) is 0.294. The SMILES string of the molecule is COc1cnccc1C(=O)c1ccc(C(C)(C)C)cc1. The summed E-state index contributed by atoms with van der Waals surface area (Å²) in [4.78, 5) is 16.4. The van der Waals surface area contributed by atoms with Crippen molar-refractivity contribution < 1.29 is 9.53 Å². The monoisotopic (exact) mass is 269 g/mol. The van der Waals surface area contributed by atoms with Gasteiger partial charge in [-0.3, -0.25) is 9.78 Å². The molecular formula is C17H19NO2. The number of hydrogen-bond acceptors (Lipinski definition) is 3. The summed E-state index contributed by atoms with van der Waals surface area (Å²) in [7, 11) is 1.54. The van der Waals surface area contributed by atoms with Gasteiger partial charge in [-0.25, -0.2) is 0 Å². The Morgan fingerprint density at radius 2 is 1.75 bits per heavy atom. The van der Waals surface area contributed by atoms with Crippen molar-refractivity contribution in [3.63, 3.8) is 0 Å². The highest BCUT2D eigenvalue weighted by Gasteiger charge is 2.17. The number of hydrogen-bond donors (Lipinski definition) is 0. The lowest BCUT2D eigenvalue weighted by molar-refractivity contribution is 0.103. The van der Waals surface area contributed by atoms with Crippen molar-refractivity contribution in [2.24, 2.45) is 0 Å². The molecule has 1 aromatic heterocycles. The minimum atomic E-state index is -0.0512. The van der Waals surface area contributed by atoms with E-state index >= 15 is 0 Å². The quantitative estimate of drug-likeness (QED) is 0.799. The molecule has 0 radical (unpaired) electrons. The van der Waals surface area contributed by atoms with E-state index in [9.17, 15) is 4.79 Å². The highest BCUT2D eigenvalue weighted by Crippen LogP contribution is 2.24. The van der Waals surface area contributed by atoms with E-state index in [1.54, 1.807) is 18.5 Å². The first-order chi connectivity index (χ1) is 9.43. The molecule has 0 aliphatic heterocycles. The highest BCUT2D eigenvalue weighted by atomic mass is 16.5. The number of benzene rings is 1. The zero-order valence-electron chi connectivity index (χ0n) is 12.3. The van der Waals surface area contributed by atoms with Crippen LogP contribution in [0.4, 0.5) is 0 Å². The summed E-state index contributed by atoms with van der Waals surface area (Å²) >= 11 is 0. The number of ether oxygens (including phenoxy) is 1. The molecule has 0 saturated carbocycles. The maximum Gasteiger partial charge on any atom is 0.196 e. The van der Waals surface area contributed by atoms with Gasteiger partial charge in [0.05, 0.1) is 18.9 Å². The maximum atomic E-state index is 12.5. The van der Waals surface area contributed by atoms with Crippen molar-refractivity contribution in [3.05, 3.63) is 59.4 Å². The van der Waals surface area contributed by atoms with Crippen LogP contribution in [0.2, 0.25) is 0 Å². The van der Waals surface area contributed by atoms with E-state index in [0.717, 1.165) is 0 Å². The van der Waals surface area contributed by atoms with E-state index in [0.29, 0.717) is 16.9 Å². The molecule has 3 heteroatoms. The molecule has 0 amide bonds. The Bertz CT molecular complexity index is 610. The molecule has 0 saturated heterocycles. The number of ketones is 1. The van der Waals surface area contributed by atoms with Gasteiger partial charge in [0.1, 0.15) is 5.75 Å². The van der Waals surface area contributed by atoms with E-state index in [4.69, 9.17) is 4.74 Å². The van der Waals surface area contributed by atoms with Crippen LogP contribution in [0.25, 0.3) is 0 Å². The van der Waals surface area contributed by atoms with Crippen LogP contribution < -0.4 is 4.74 Å². The van der Waals surface area contributed by atoms with Gasteiger partial charge in [-0.2, -0.15) is 0 Å². The van der Waals surface area contributed by atoms with Gasteiger partial charge in [0.2, 0.25) is 0 Å². The third kappa shape index (κ3) is 2.87. The molecule has 3 nitrogen and oxygen atoms in total. The Kier molecular flexibility index (Phi) is 3.89. The van der Waals surface area contributed by atoms with E-state index in [1.807, 2.05) is 24.3 Å². The van der Waals surface area contributed by atoms with E-state index in [1.165, 1.54) is 12.7 Å². The lowest BCUT2D eigenvalue weighted by atomic mass is 9.86. The summed E-state index contributed by atoms with van der Waals surface area (Å²) in [6.07, 6.45) is 3.15. The third-order valence-corrected chi connectivity index (χ3v) is 3.26. The first kappa shape index (κ1) is 14.3. The predicted octanol–water partition coefficient (Wildman–Crippen LogP) is 3.62. The molecule has 0 fully saturated rings. The second kappa shape index (κ2) is 5.45. The fourth-order valence-electron chi connectivity index (χ4n) is 2.01. The van der Waals surface area contributed by atoms with Crippen molar-refractivity contribution in [2.45, 2.75) is 26.2 Å². The van der Waals surface area contributed by atoms with Crippen molar-refractivity contribution in [1.82, 2.24) is 4.98 Å². The van der Waals surface area contributed by atoms with Gasteiger partial charge in [0.25, 0.3) is 0 Å². The molecule has 1 aromatic carbocycles. The van der Waals surface area contributed by atoms with Gasteiger partial charge < -0.3 is 4.74 Å². The van der Waals surface area contributed by atoms with Crippen molar-refractivity contribution in [3.8, 4) is 5.75 Å². The Morgan fingerprint density at radius 1 is 1.10 bits per heavy atom. The van der Waals surface area contributed by atoms with Crippen LogP contribution in [0, 0.1) is 0 Å². The normalized spacial score (nSPS) is 11.2. The van der Waals surface area contributed by atoms with Crippen LogP contribution >= 0.6 is 0 Å². The van der Waals surface area contributed by atoms with Crippen LogP contribution in [0.1, 0.15) is 42.3 Å². The van der Waals surface area contributed by atoms with Gasteiger partial charge in [-0.1, -0.05) is 45.0 Å². The molecule has 0 N–H and O–H groups in total. The summed E-state index contributed by atoms with van der Waals surface area (Å²) < 4.78 is 5.18. The fourth-order valence-corrected chi connectivity index (χ4v) is 2.01. The summed E-state index contributed by atoms with van der Waals surface area (Å²) in [6, 6.07) is 9.41. The standard InChI is InChI=1S/C17H19NO2/c1-17(2,3)13-7-5-12(6-8-13)16(19)14-9-10-18-11-15(14)20-4/h5-11H,1-4H3. The van der Waals surface area contributed by atoms with Crippen molar-refractivity contribution in [2.75, 3.05) is 7.11 Å². The summed E-state index contributed by atoms with van der Waals surface area (Å²) in [5, 5.41) is 0. The molecule has 0 atom stereocenters. The van der Waals surface area contributed by atoms with Crippen LogP contribution in [-0.2, 0) is 5.41 Å². The number of pyridine rings is 1. The third-order valence-electron chi connectivity index (χ3n) is 3.26. The number of carbonyl (C=O) groups is 1. The van der Waals surface area contributed by atoms with Gasteiger partial charge in [-0.15, -0.1) is 0 Å². The molecular weight excluding hydrogens is 250 g/mol. The maximum absolute atomic E-state index is 12.5. The molecule has 0 unspecified atom stereocenters. The van der Waals surface area contributed by atoms with Crippen LogP contribution in [0.3, 0.4) is 0 Å². The number of carbonyl (C=O) groups excluding carboxylic acids is 1. The minimum absolute atomic E-state index is 0.0512. The van der Waals surface area contributed by atoms with Crippen molar-refractivity contribution >= 4 is 5.78 Å². The van der Waals surface area contributed by atoms with Gasteiger partial charge in [0, 0.05) is 11.8 Å². The molecule has 20 heavy (non-hydrogen) atoms. The number of aromatic nitrogens is 1. The van der Waals surface area contributed by atoms with Gasteiger partial charge in [-0.05, 0) is 17.0 Å². The van der Waals surface area contributed by atoms with Crippen LogP contribution in [-0.4, -0.2) is 17.9 Å². The Morgan fingerprint density at radius 3 is 2.30 bits per heavy atom. The average Bonchev–Trinajstić information content (AvgIpc) is 2.45. The second-order valence-corrected chi connectivity index (χ2v) is 5.73. The van der Waals surface area contributed by atoms with E-state index < -0.39 is 0 Å². The lowest BCUT2D eigenvalue weighted by Gasteiger charge is -2.19. The largest absolute Gasteiger partial charge is 0.494 e. The van der Waals surface area contributed by atoms with E-state index in [-0.39, 0.29) is 11.2 Å². The Hall–Kier alpha value is -2.16. The zero-order valence-corrected chi connectivity index (χ0v) is 12.3. The predicted molar refractivity (Wildman–Crippen MR) is 79.4 cm³/mol. The molecule has 0 bridgehead atoms. The van der Waals surface area contributed by atoms with Crippen LogP contribution in [0.15, 0.2) is 42.7 Å². The molecule has 0 aliphatic carbocycles. The number of methoxy groups -OCH3 is 1. The lowest BCUT2D eigenvalue weighted by Crippen LogP contribution is -2.11. The number of nitrogens with zero attached hydrogens (tertiary/aromatic N) is 1. The first-order valence-corrected chi connectivity index (χ1v) is 6.56. The summed E-state index contributed by atoms with van der Waals surface area (Å²) in [5.74, 6) is 0.446. The van der Waals surface area contributed by atoms with Crippen LogP contribution in [0.5, 0.6) is 5.75 Å². The summed E-state index contributed by atoms with van der Waals surface area (Å²) in [5.41, 5.74) is 2.47. The topological polar surface area (TPSA) is 39.2 Å². The molecule has 0 aliphatic rings. The number of rotatable bonds is 3. The highest BCUT2D eigenvalue weighted by molar-refractivity contribution is 6.10. The zero-order chi connectivity index (χ0) is 14.8. The first-order valence-electron chi connectivity index (χ1n) is 6.56. The minimum Gasteiger partial charge on any atom is -0.494 e.